The van der Waals surface area contributed by atoms with Gasteiger partial charge in [-0.2, -0.15) is 0 Å². The number of nitrogens with zero attached hydrogens (tertiary/aromatic N) is 2. The Morgan fingerprint density at radius 2 is 1.62 bits per heavy atom. The second kappa shape index (κ2) is 10.5. The molecule has 0 aliphatic carbocycles. The fourth-order valence-corrected chi connectivity index (χ4v) is 4.45. The summed E-state index contributed by atoms with van der Waals surface area (Å²) in [6.45, 7) is 3.28. The van der Waals surface area contributed by atoms with Crippen LogP contribution in [-0.2, 0) is 22.6 Å². The maximum atomic E-state index is 13.3. The molecular formula is C30H27N3O4. The van der Waals surface area contributed by atoms with Crippen LogP contribution in [0, 0.1) is 0 Å². The number of imide groups is 2. The molecule has 4 aromatic rings. The minimum atomic E-state index is -0.753. The molecule has 0 unspecified atom stereocenters. The number of para-hydroxylation sites is 2. The van der Waals surface area contributed by atoms with Crippen molar-refractivity contribution in [3.8, 4) is 5.75 Å². The molecule has 3 aromatic carbocycles. The van der Waals surface area contributed by atoms with Gasteiger partial charge in [0, 0.05) is 29.2 Å². The van der Waals surface area contributed by atoms with Crippen LogP contribution in [0.5, 0.6) is 5.75 Å². The van der Waals surface area contributed by atoms with Crippen LogP contribution in [0.15, 0.2) is 90.6 Å². The fraction of sp³-hybridized carbons (Fsp3) is 0.167. The SMILES string of the molecule is CCc1ccc(N2C(=O)NC(=O)C(=Cc3cn(CCCOc4ccccc4)c4ccccc34)C2=O)cc1. The number of barbiturate groups is 1. The van der Waals surface area contributed by atoms with Crippen LogP contribution >= 0.6 is 0 Å². The first kappa shape index (κ1) is 24.1. The van der Waals surface area contributed by atoms with E-state index < -0.39 is 17.8 Å². The molecule has 7 nitrogen and oxygen atoms in total. The van der Waals surface area contributed by atoms with Gasteiger partial charge in [0.25, 0.3) is 11.8 Å². The van der Waals surface area contributed by atoms with Gasteiger partial charge in [-0.15, -0.1) is 0 Å². The standard InChI is InChI=1S/C30H27N3O4/c1-2-21-13-15-23(16-14-21)33-29(35)26(28(34)31-30(33)36)19-22-20-32(27-12-7-6-11-25(22)27)17-8-18-37-24-9-4-3-5-10-24/h3-7,9-16,19-20H,2,8,17-18H2,1H3,(H,31,34,36). The van der Waals surface area contributed by atoms with Crippen molar-refractivity contribution in [2.45, 2.75) is 26.3 Å². The number of carbonyl (C=O) groups excluding carboxylic acids is 3. The van der Waals surface area contributed by atoms with Crippen LogP contribution in [0.1, 0.15) is 24.5 Å². The molecule has 0 atom stereocenters. The summed E-state index contributed by atoms with van der Waals surface area (Å²) in [5.41, 5.74) is 3.13. The Morgan fingerprint density at radius 3 is 2.38 bits per heavy atom. The lowest BCUT2D eigenvalue weighted by Gasteiger charge is -2.26. The third-order valence-corrected chi connectivity index (χ3v) is 6.38. The maximum absolute atomic E-state index is 13.3. The van der Waals surface area contributed by atoms with E-state index in [-0.39, 0.29) is 5.57 Å². The second-order valence-electron chi connectivity index (χ2n) is 8.79. The summed E-state index contributed by atoms with van der Waals surface area (Å²) in [5, 5.41) is 3.22. The largest absolute Gasteiger partial charge is 0.494 e. The number of nitrogens with one attached hydrogen (secondary N) is 1. The number of anilines is 1. The smallest absolute Gasteiger partial charge is 0.335 e. The molecular weight excluding hydrogens is 466 g/mol. The Labute approximate surface area is 215 Å². The van der Waals surface area contributed by atoms with Gasteiger partial charge < -0.3 is 9.30 Å². The average Bonchev–Trinajstić information content (AvgIpc) is 3.27. The molecule has 5 rings (SSSR count). The molecule has 186 valence electrons. The van der Waals surface area contributed by atoms with E-state index in [4.69, 9.17) is 4.74 Å². The first-order valence-corrected chi connectivity index (χ1v) is 12.3. The van der Waals surface area contributed by atoms with E-state index in [9.17, 15) is 14.4 Å². The minimum Gasteiger partial charge on any atom is -0.494 e. The Balaban J connectivity index is 1.40. The van der Waals surface area contributed by atoms with Gasteiger partial charge in [0.1, 0.15) is 11.3 Å². The minimum absolute atomic E-state index is 0.0884. The van der Waals surface area contributed by atoms with Gasteiger partial charge >= 0.3 is 6.03 Å². The van der Waals surface area contributed by atoms with Gasteiger partial charge in [-0.1, -0.05) is 55.5 Å². The van der Waals surface area contributed by atoms with E-state index in [2.05, 4.69) is 9.88 Å². The molecule has 0 bridgehead atoms. The topological polar surface area (TPSA) is 80.6 Å². The number of urea groups is 1. The van der Waals surface area contributed by atoms with Crippen LogP contribution in [-0.4, -0.2) is 29.0 Å². The molecule has 1 aliphatic heterocycles. The zero-order chi connectivity index (χ0) is 25.8. The van der Waals surface area contributed by atoms with E-state index in [0.717, 1.165) is 45.5 Å². The van der Waals surface area contributed by atoms with Crippen molar-refractivity contribution in [2.24, 2.45) is 0 Å². The van der Waals surface area contributed by atoms with E-state index in [1.807, 2.05) is 79.9 Å². The number of hydrogen-bond acceptors (Lipinski definition) is 4. The van der Waals surface area contributed by atoms with Crippen molar-refractivity contribution in [3.05, 3.63) is 102 Å². The summed E-state index contributed by atoms with van der Waals surface area (Å²) in [7, 11) is 0. The highest BCUT2D eigenvalue weighted by Gasteiger charge is 2.37. The molecule has 4 amide bonds. The first-order chi connectivity index (χ1) is 18.0. The third-order valence-electron chi connectivity index (χ3n) is 6.38. The Bertz CT molecular complexity index is 1490. The molecule has 2 heterocycles. The number of carbonyl (C=O) groups is 3. The summed E-state index contributed by atoms with van der Waals surface area (Å²) < 4.78 is 7.91. The Kier molecular flexibility index (Phi) is 6.85. The van der Waals surface area contributed by atoms with Gasteiger partial charge in [0.05, 0.1) is 12.3 Å². The van der Waals surface area contributed by atoms with Gasteiger partial charge in [-0.25, -0.2) is 9.69 Å². The highest BCUT2D eigenvalue weighted by molar-refractivity contribution is 6.39. The summed E-state index contributed by atoms with van der Waals surface area (Å²) >= 11 is 0. The molecule has 1 N–H and O–H groups in total. The highest BCUT2D eigenvalue weighted by atomic mass is 16.5. The zero-order valence-corrected chi connectivity index (χ0v) is 20.5. The quantitative estimate of drug-likeness (QED) is 0.204. The monoisotopic (exact) mass is 493 g/mol. The third kappa shape index (κ3) is 5.02. The Hall–Kier alpha value is -4.65. The molecule has 1 saturated heterocycles. The molecule has 0 spiro atoms. The van der Waals surface area contributed by atoms with E-state index in [1.54, 1.807) is 18.2 Å². The van der Waals surface area contributed by atoms with Crippen LogP contribution < -0.4 is 15.0 Å². The summed E-state index contributed by atoms with van der Waals surface area (Å²) in [5.74, 6) is -0.522. The number of amides is 4. The number of fused-ring (bicyclic) bond motifs is 1. The molecule has 37 heavy (non-hydrogen) atoms. The predicted octanol–water partition coefficient (Wildman–Crippen LogP) is 5.34. The average molecular weight is 494 g/mol. The maximum Gasteiger partial charge on any atom is 0.335 e. The lowest BCUT2D eigenvalue weighted by Crippen LogP contribution is -2.54. The second-order valence-corrected chi connectivity index (χ2v) is 8.79. The summed E-state index contributed by atoms with van der Waals surface area (Å²) in [6, 6.07) is 23.9. The van der Waals surface area contributed by atoms with E-state index >= 15 is 0 Å². The number of aromatic nitrogens is 1. The van der Waals surface area contributed by atoms with Gasteiger partial charge in [-0.3, -0.25) is 14.9 Å². The predicted molar refractivity (Wildman–Crippen MR) is 143 cm³/mol. The Morgan fingerprint density at radius 1 is 0.892 bits per heavy atom. The normalized spacial score (nSPS) is 14.9. The van der Waals surface area contributed by atoms with Gasteiger partial charge in [-0.05, 0) is 54.8 Å². The first-order valence-electron chi connectivity index (χ1n) is 12.3. The van der Waals surface area contributed by atoms with E-state index in [0.29, 0.717) is 18.8 Å². The van der Waals surface area contributed by atoms with Crippen LogP contribution in [0.25, 0.3) is 17.0 Å². The lowest BCUT2D eigenvalue weighted by molar-refractivity contribution is -0.122. The number of rotatable bonds is 8. The molecule has 1 fully saturated rings. The van der Waals surface area contributed by atoms with Crippen molar-refractivity contribution in [3.63, 3.8) is 0 Å². The van der Waals surface area contributed by atoms with Crippen molar-refractivity contribution >= 4 is 40.5 Å². The van der Waals surface area contributed by atoms with Crippen molar-refractivity contribution in [1.82, 2.24) is 9.88 Å². The molecule has 0 saturated carbocycles. The van der Waals surface area contributed by atoms with Crippen LogP contribution in [0.2, 0.25) is 0 Å². The van der Waals surface area contributed by atoms with E-state index in [1.165, 1.54) is 0 Å². The molecule has 0 radical (unpaired) electrons. The molecule has 1 aromatic heterocycles. The number of ether oxygens (including phenoxy) is 1. The zero-order valence-electron chi connectivity index (χ0n) is 20.5. The molecule has 7 heteroatoms. The highest BCUT2D eigenvalue weighted by Crippen LogP contribution is 2.27. The van der Waals surface area contributed by atoms with Crippen LogP contribution in [0.3, 0.4) is 0 Å². The van der Waals surface area contributed by atoms with Crippen molar-refractivity contribution in [1.29, 1.82) is 0 Å². The van der Waals surface area contributed by atoms with Gasteiger partial charge in [0.15, 0.2) is 0 Å². The fourth-order valence-electron chi connectivity index (χ4n) is 4.45. The van der Waals surface area contributed by atoms with Crippen molar-refractivity contribution < 1.29 is 19.1 Å². The number of aryl methyl sites for hydroxylation is 2. The molecule has 1 aliphatic rings. The van der Waals surface area contributed by atoms with Crippen molar-refractivity contribution in [2.75, 3.05) is 11.5 Å². The summed E-state index contributed by atoms with van der Waals surface area (Å²) in [4.78, 5) is 39.6. The number of benzene rings is 3. The van der Waals surface area contributed by atoms with Gasteiger partial charge in [0.2, 0.25) is 0 Å². The lowest BCUT2D eigenvalue weighted by atomic mass is 10.1. The van der Waals surface area contributed by atoms with Crippen LogP contribution in [0.4, 0.5) is 10.5 Å². The summed E-state index contributed by atoms with van der Waals surface area (Å²) in [6.07, 6.45) is 5.11. The number of hydrogen-bond donors (Lipinski definition) is 1.